The van der Waals surface area contributed by atoms with E-state index in [-0.39, 0.29) is 12.2 Å². The third-order valence-corrected chi connectivity index (χ3v) is 3.32. The Hall–Kier alpha value is -2.14. The van der Waals surface area contributed by atoms with Gasteiger partial charge in [-0.25, -0.2) is 4.68 Å². The first-order chi connectivity index (χ1) is 9.54. The first-order valence-corrected chi connectivity index (χ1v) is 6.54. The number of nitrogens with zero attached hydrogens (tertiary/aromatic N) is 2. The number of benzene rings is 1. The third kappa shape index (κ3) is 2.72. The van der Waals surface area contributed by atoms with Crippen molar-refractivity contribution in [2.75, 3.05) is 13.2 Å². The molecule has 0 radical (unpaired) electrons. The van der Waals surface area contributed by atoms with Gasteiger partial charge in [0, 0.05) is 11.9 Å². The van der Waals surface area contributed by atoms with Crippen LogP contribution in [0.4, 0.5) is 0 Å². The van der Waals surface area contributed by atoms with Crippen LogP contribution >= 0.6 is 0 Å². The van der Waals surface area contributed by atoms with Crippen LogP contribution in [0.15, 0.2) is 28.0 Å². The molecule has 5 heteroatoms. The number of nitrogens with one attached hydrogen (secondary N) is 1. The van der Waals surface area contributed by atoms with Crippen LogP contribution in [0.5, 0.6) is 0 Å². The number of rotatable bonds is 4. The van der Waals surface area contributed by atoms with Gasteiger partial charge in [-0.3, -0.25) is 14.9 Å². The summed E-state index contributed by atoms with van der Waals surface area (Å²) < 4.78 is 1.52. The molecule has 0 unspecified atom stereocenters. The normalized spacial score (nSPS) is 11.4. The van der Waals surface area contributed by atoms with E-state index in [4.69, 9.17) is 5.11 Å². The van der Waals surface area contributed by atoms with Gasteiger partial charge < -0.3 is 5.11 Å². The first-order valence-electron chi connectivity index (χ1n) is 6.54. The third-order valence-electron chi connectivity index (χ3n) is 3.32. The van der Waals surface area contributed by atoms with Crippen LogP contribution in [0.25, 0.3) is 5.69 Å². The van der Waals surface area contributed by atoms with Crippen molar-refractivity contribution in [2.45, 2.75) is 20.8 Å². The van der Waals surface area contributed by atoms with Gasteiger partial charge in [0.1, 0.15) is 0 Å². The van der Waals surface area contributed by atoms with Crippen LogP contribution in [0.1, 0.15) is 22.4 Å². The van der Waals surface area contributed by atoms with E-state index in [0.717, 1.165) is 16.9 Å². The Morgan fingerprint density at radius 2 is 2.05 bits per heavy atom. The Bertz CT molecular complexity index is 696. The molecule has 0 aliphatic rings. The lowest BCUT2D eigenvalue weighted by atomic mass is 10.1. The van der Waals surface area contributed by atoms with Crippen molar-refractivity contribution in [1.29, 1.82) is 0 Å². The van der Waals surface area contributed by atoms with Gasteiger partial charge in [0.2, 0.25) is 0 Å². The Balaban J connectivity index is 2.46. The molecular weight excluding hydrogens is 254 g/mol. The van der Waals surface area contributed by atoms with Crippen LogP contribution in [-0.4, -0.2) is 34.3 Å². The van der Waals surface area contributed by atoms with Crippen molar-refractivity contribution in [3.63, 3.8) is 0 Å². The van der Waals surface area contributed by atoms with E-state index in [1.807, 2.05) is 39.0 Å². The summed E-state index contributed by atoms with van der Waals surface area (Å²) in [5, 5.41) is 11.8. The van der Waals surface area contributed by atoms with E-state index in [9.17, 15) is 4.79 Å². The molecule has 5 nitrogen and oxygen atoms in total. The monoisotopic (exact) mass is 273 g/mol. The van der Waals surface area contributed by atoms with Crippen molar-refractivity contribution in [3.8, 4) is 5.69 Å². The average Bonchev–Trinajstić information content (AvgIpc) is 2.70. The summed E-state index contributed by atoms with van der Waals surface area (Å²) >= 11 is 0. The molecule has 0 fully saturated rings. The summed E-state index contributed by atoms with van der Waals surface area (Å²) in [6, 6.07) is 5.88. The van der Waals surface area contributed by atoms with E-state index in [2.05, 4.69) is 10.1 Å². The Kier molecular flexibility index (Phi) is 4.20. The minimum atomic E-state index is -0.132. The second-order valence-electron chi connectivity index (χ2n) is 4.82. The van der Waals surface area contributed by atoms with Crippen LogP contribution < -0.4 is 5.56 Å². The number of aryl methyl sites for hydroxylation is 3. The lowest BCUT2D eigenvalue weighted by molar-refractivity contribution is 0.307. The zero-order chi connectivity index (χ0) is 14.7. The number of H-pyrrole nitrogens is 1. The molecule has 0 aliphatic carbocycles. The largest absolute Gasteiger partial charge is 0.394 e. The van der Waals surface area contributed by atoms with E-state index >= 15 is 0 Å². The lowest BCUT2D eigenvalue weighted by Gasteiger charge is -2.05. The van der Waals surface area contributed by atoms with Crippen LogP contribution in [0.2, 0.25) is 0 Å². The summed E-state index contributed by atoms with van der Waals surface area (Å²) in [4.78, 5) is 16.4. The number of aromatic amines is 1. The maximum atomic E-state index is 12.4. The van der Waals surface area contributed by atoms with Crippen molar-refractivity contribution < 1.29 is 5.11 Å². The maximum absolute atomic E-state index is 12.4. The Labute approximate surface area is 117 Å². The number of aliphatic hydroxyl groups is 1. The van der Waals surface area contributed by atoms with Crippen molar-refractivity contribution in [1.82, 2.24) is 9.78 Å². The van der Waals surface area contributed by atoms with Gasteiger partial charge in [-0.1, -0.05) is 6.07 Å². The van der Waals surface area contributed by atoms with Gasteiger partial charge in [-0.2, -0.15) is 0 Å². The zero-order valence-electron chi connectivity index (χ0n) is 12.0. The summed E-state index contributed by atoms with van der Waals surface area (Å²) in [6.07, 6.45) is 1.52. The summed E-state index contributed by atoms with van der Waals surface area (Å²) in [5.41, 5.74) is 4.29. The molecule has 0 bridgehead atoms. The van der Waals surface area contributed by atoms with E-state index in [0.29, 0.717) is 12.1 Å². The summed E-state index contributed by atoms with van der Waals surface area (Å²) in [6.45, 7) is 6.16. The summed E-state index contributed by atoms with van der Waals surface area (Å²) in [5.74, 6) is 0. The maximum Gasteiger partial charge on any atom is 0.280 e. The van der Waals surface area contributed by atoms with Gasteiger partial charge in [-0.15, -0.1) is 0 Å². The predicted molar refractivity (Wildman–Crippen MR) is 80.1 cm³/mol. The molecule has 0 saturated carbocycles. The number of aromatic nitrogens is 2. The fourth-order valence-corrected chi connectivity index (χ4v) is 1.97. The van der Waals surface area contributed by atoms with E-state index < -0.39 is 0 Å². The molecule has 2 N–H and O–H groups in total. The molecule has 1 aromatic carbocycles. The minimum absolute atomic E-state index is 0.0225. The van der Waals surface area contributed by atoms with Gasteiger partial charge in [-0.05, 0) is 44.0 Å². The predicted octanol–water partition coefficient (Wildman–Crippen LogP) is 1.50. The zero-order valence-corrected chi connectivity index (χ0v) is 12.0. The molecule has 106 valence electrons. The molecular formula is C15H19N3O2. The second kappa shape index (κ2) is 5.88. The molecule has 0 atom stereocenters. The fraction of sp³-hybridized carbons (Fsp3) is 0.333. The number of hydrogen-bond acceptors (Lipinski definition) is 3. The molecule has 1 heterocycles. The van der Waals surface area contributed by atoms with Crippen LogP contribution in [-0.2, 0) is 0 Å². The molecule has 0 aliphatic heterocycles. The number of aliphatic hydroxyl groups excluding tert-OH is 1. The highest BCUT2D eigenvalue weighted by Gasteiger charge is 2.10. The average molecular weight is 273 g/mol. The highest BCUT2D eigenvalue weighted by Crippen LogP contribution is 2.12. The molecule has 2 aromatic rings. The van der Waals surface area contributed by atoms with Crippen molar-refractivity contribution in [3.05, 3.63) is 50.9 Å². The summed E-state index contributed by atoms with van der Waals surface area (Å²) in [7, 11) is 0. The molecule has 1 aromatic heterocycles. The topological polar surface area (TPSA) is 70.4 Å². The van der Waals surface area contributed by atoms with Gasteiger partial charge in [0.05, 0.1) is 24.4 Å². The highest BCUT2D eigenvalue weighted by atomic mass is 16.3. The number of hydrogen-bond donors (Lipinski definition) is 2. The van der Waals surface area contributed by atoms with E-state index in [1.165, 1.54) is 16.5 Å². The van der Waals surface area contributed by atoms with Gasteiger partial charge in [0.25, 0.3) is 5.56 Å². The van der Waals surface area contributed by atoms with Gasteiger partial charge >= 0.3 is 0 Å². The van der Waals surface area contributed by atoms with E-state index in [1.54, 1.807) is 0 Å². The highest BCUT2D eigenvalue weighted by molar-refractivity contribution is 5.80. The minimum Gasteiger partial charge on any atom is -0.394 e. The van der Waals surface area contributed by atoms with Gasteiger partial charge in [0.15, 0.2) is 0 Å². The molecule has 0 spiro atoms. The van der Waals surface area contributed by atoms with Crippen molar-refractivity contribution >= 4 is 6.21 Å². The Morgan fingerprint density at radius 3 is 2.70 bits per heavy atom. The van der Waals surface area contributed by atoms with Crippen LogP contribution in [0.3, 0.4) is 0 Å². The molecule has 0 amide bonds. The SMILES string of the molecule is Cc1ccc(-n2[nH]c(C)c(C=NCCO)c2=O)cc1C. The van der Waals surface area contributed by atoms with Crippen LogP contribution in [0, 0.1) is 20.8 Å². The van der Waals surface area contributed by atoms with Crippen molar-refractivity contribution in [2.24, 2.45) is 4.99 Å². The Morgan fingerprint density at radius 1 is 1.30 bits per heavy atom. The number of aliphatic imine (C=N–C) groups is 1. The fourth-order valence-electron chi connectivity index (χ4n) is 1.97. The smallest absolute Gasteiger partial charge is 0.280 e. The second-order valence-corrected chi connectivity index (χ2v) is 4.82. The molecule has 2 rings (SSSR count). The first kappa shape index (κ1) is 14.3. The quantitative estimate of drug-likeness (QED) is 0.829. The lowest BCUT2D eigenvalue weighted by Crippen LogP contribution is -2.17. The molecule has 0 saturated heterocycles. The molecule has 20 heavy (non-hydrogen) atoms. The standard InChI is InChI=1S/C15H19N3O2/c1-10-4-5-13(8-11(10)2)18-15(20)14(12(3)17-18)9-16-6-7-19/h4-5,8-9,17,19H,6-7H2,1-3H3.